The summed E-state index contributed by atoms with van der Waals surface area (Å²) in [7, 11) is 0. The van der Waals surface area contributed by atoms with Crippen LogP contribution in [0.4, 0.5) is 5.82 Å². The molecule has 8 nitrogen and oxygen atoms in total. The Labute approximate surface area is 206 Å². The smallest absolute Gasteiger partial charge is 0.267 e. The summed E-state index contributed by atoms with van der Waals surface area (Å²) in [6, 6.07) is 14.7. The second-order valence-corrected chi connectivity index (χ2v) is 9.18. The Hall–Kier alpha value is -3.05. The van der Waals surface area contributed by atoms with Gasteiger partial charge in [-0.3, -0.25) is 18.9 Å². The standard InChI is InChI=1S/C24H24N4O4S2/c1-16(17-7-3-2-4-8-17)28-23(31)19(34-24(28)33)15-18-21(25-10-13-32-14-12-29)26-20-9-5-6-11-27(20)22(18)30/h2-9,11,15-16,25,29H,10,12-14H2,1H3/b19-15+. The molecule has 10 heteroatoms. The normalized spacial score (nSPS) is 15.9. The highest BCUT2D eigenvalue weighted by atomic mass is 32.2. The van der Waals surface area contributed by atoms with Crippen molar-refractivity contribution in [3.8, 4) is 0 Å². The first kappa shape index (κ1) is 24.1. The summed E-state index contributed by atoms with van der Waals surface area (Å²) in [5.74, 6) is 0.103. The number of carbonyl (C=O) groups excluding carboxylic acids is 1. The molecule has 1 fully saturated rings. The Bertz CT molecular complexity index is 1290. The van der Waals surface area contributed by atoms with Gasteiger partial charge in [-0.05, 0) is 30.7 Å². The molecule has 3 aromatic rings. The number of nitrogens with zero attached hydrogens (tertiary/aromatic N) is 3. The van der Waals surface area contributed by atoms with Crippen LogP contribution in [0.2, 0.25) is 0 Å². The number of aromatic nitrogens is 2. The van der Waals surface area contributed by atoms with Gasteiger partial charge < -0.3 is 15.2 Å². The SMILES string of the molecule is CC(c1ccccc1)N1C(=O)/C(=C\c2c(NCCOCCO)nc3ccccn3c2=O)SC1=S. The third-order valence-corrected chi connectivity index (χ3v) is 6.64. The van der Waals surface area contributed by atoms with Crippen molar-refractivity contribution in [2.24, 2.45) is 0 Å². The first-order valence-electron chi connectivity index (χ1n) is 10.8. The van der Waals surface area contributed by atoms with Crippen molar-refractivity contribution in [3.63, 3.8) is 0 Å². The quantitative estimate of drug-likeness (QED) is 0.265. The third kappa shape index (κ3) is 5.05. The van der Waals surface area contributed by atoms with E-state index in [1.807, 2.05) is 37.3 Å². The van der Waals surface area contributed by atoms with Crippen LogP contribution in [0.15, 0.2) is 64.4 Å². The van der Waals surface area contributed by atoms with Crippen LogP contribution >= 0.6 is 24.0 Å². The van der Waals surface area contributed by atoms with Gasteiger partial charge in [-0.25, -0.2) is 4.98 Å². The molecule has 0 aliphatic carbocycles. The molecule has 176 valence electrons. The van der Waals surface area contributed by atoms with Crippen molar-refractivity contribution in [3.05, 3.63) is 81.1 Å². The lowest BCUT2D eigenvalue weighted by Crippen LogP contribution is -2.31. The van der Waals surface area contributed by atoms with Gasteiger partial charge in [0.05, 0.1) is 36.3 Å². The van der Waals surface area contributed by atoms with Crippen LogP contribution in [0.5, 0.6) is 0 Å². The molecule has 1 amide bonds. The Morgan fingerprint density at radius 2 is 1.94 bits per heavy atom. The minimum atomic E-state index is -0.300. The minimum absolute atomic E-state index is 0.0654. The van der Waals surface area contributed by atoms with Crippen molar-refractivity contribution in [2.75, 3.05) is 31.7 Å². The highest BCUT2D eigenvalue weighted by Gasteiger charge is 2.36. The number of aliphatic hydroxyl groups is 1. The summed E-state index contributed by atoms with van der Waals surface area (Å²) in [6.45, 7) is 2.79. The number of aliphatic hydroxyl groups excluding tert-OH is 1. The summed E-state index contributed by atoms with van der Waals surface area (Å²) in [5, 5.41) is 12.0. The molecule has 1 unspecified atom stereocenters. The van der Waals surface area contributed by atoms with Crippen molar-refractivity contribution in [2.45, 2.75) is 13.0 Å². The van der Waals surface area contributed by atoms with Crippen molar-refractivity contribution >= 4 is 51.7 Å². The summed E-state index contributed by atoms with van der Waals surface area (Å²) >= 11 is 6.69. The molecule has 2 aromatic heterocycles. The lowest BCUT2D eigenvalue weighted by Gasteiger charge is -2.23. The summed E-state index contributed by atoms with van der Waals surface area (Å²) in [5.41, 5.74) is 1.41. The Morgan fingerprint density at radius 1 is 1.18 bits per heavy atom. The Kier molecular flexibility index (Phi) is 7.73. The highest BCUT2D eigenvalue weighted by Crippen LogP contribution is 2.38. The van der Waals surface area contributed by atoms with Crippen LogP contribution in [-0.2, 0) is 9.53 Å². The van der Waals surface area contributed by atoms with E-state index in [0.29, 0.717) is 33.8 Å². The highest BCUT2D eigenvalue weighted by molar-refractivity contribution is 8.26. The number of carbonyl (C=O) groups is 1. The van der Waals surface area contributed by atoms with Crippen molar-refractivity contribution in [1.82, 2.24) is 14.3 Å². The maximum Gasteiger partial charge on any atom is 0.267 e. The number of rotatable bonds is 9. The average Bonchev–Trinajstić information content (AvgIpc) is 3.13. The van der Waals surface area contributed by atoms with E-state index >= 15 is 0 Å². The van der Waals surface area contributed by atoms with E-state index in [9.17, 15) is 9.59 Å². The molecule has 2 N–H and O–H groups in total. The van der Waals surface area contributed by atoms with Gasteiger partial charge in [0.1, 0.15) is 15.8 Å². The number of benzene rings is 1. The van der Waals surface area contributed by atoms with Gasteiger partial charge in [0.15, 0.2) is 0 Å². The topological polar surface area (TPSA) is 96.2 Å². The zero-order valence-electron chi connectivity index (χ0n) is 18.5. The Morgan fingerprint density at radius 3 is 2.71 bits per heavy atom. The maximum absolute atomic E-state index is 13.3. The first-order valence-corrected chi connectivity index (χ1v) is 12.0. The zero-order valence-corrected chi connectivity index (χ0v) is 20.1. The summed E-state index contributed by atoms with van der Waals surface area (Å²) in [6.07, 6.45) is 3.20. The maximum atomic E-state index is 13.3. The van der Waals surface area contributed by atoms with Crippen LogP contribution in [0.25, 0.3) is 11.7 Å². The van der Waals surface area contributed by atoms with E-state index in [2.05, 4.69) is 10.3 Å². The van der Waals surface area contributed by atoms with Gasteiger partial charge in [-0.2, -0.15) is 0 Å². The monoisotopic (exact) mass is 496 g/mol. The number of nitrogens with one attached hydrogen (secondary N) is 1. The van der Waals surface area contributed by atoms with Gasteiger partial charge in [0.25, 0.3) is 11.5 Å². The Balaban J connectivity index is 1.68. The molecule has 0 radical (unpaired) electrons. The molecule has 0 bridgehead atoms. The molecule has 0 saturated carbocycles. The molecule has 1 aromatic carbocycles. The summed E-state index contributed by atoms with van der Waals surface area (Å²) < 4.78 is 7.16. The van der Waals surface area contributed by atoms with Crippen LogP contribution in [0.1, 0.15) is 24.1 Å². The molecule has 3 heterocycles. The molecule has 1 saturated heterocycles. The molecule has 0 spiro atoms. The number of ether oxygens (including phenoxy) is 1. The van der Waals surface area contributed by atoms with Gasteiger partial charge in [-0.15, -0.1) is 0 Å². The van der Waals surface area contributed by atoms with E-state index < -0.39 is 0 Å². The van der Waals surface area contributed by atoms with E-state index in [-0.39, 0.29) is 36.3 Å². The number of thiocarbonyl (C=S) groups is 1. The number of hydrogen-bond acceptors (Lipinski definition) is 8. The van der Waals surface area contributed by atoms with Gasteiger partial charge in [0.2, 0.25) is 0 Å². The predicted molar refractivity (Wildman–Crippen MR) is 138 cm³/mol. The van der Waals surface area contributed by atoms with E-state index in [4.69, 9.17) is 22.1 Å². The van der Waals surface area contributed by atoms with Crippen LogP contribution in [-0.4, -0.2) is 56.0 Å². The minimum Gasteiger partial charge on any atom is -0.394 e. The largest absolute Gasteiger partial charge is 0.394 e. The third-order valence-electron chi connectivity index (χ3n) is 5.31. The number of pyridine rings is 1. The number of thioether (sulfide) groups is 1. The van der Waals surface area contributed by atoms with E-state index in [1.165, 1.54) is 16.2 Å². The van der Waals surface area contributed by atoms with Crippen LogP contribution < -0.4 is 10.9 Å². The zero-order chi connectivity index (χ0) is 24.1. The molecular weight excluding hydrogens is 472 g/mol. The van der Waals surface area contributed by atoms with E-state index in [0.717, 1.165) is 5.56 Å². The van der Waals surface area contributed by atoms with Crippen molar-refractivity contribution in [1.29, 1.82) is 0 Å². The van der Waals surface area contributed by atoms with Crippen LogP contribution in [0, 0.1) is 0 Å². The molecule has 1 aliphatic heterocycles. The first-order chi connectivity index (χ1) is 16.5. The average molecular weight is 497 g/mol. The fourth-order valence-electron chi connectivity index (χ4n) is 3.60. The molecule has 1 atom stereocenters. The van der Waals surface area contributed by atoms with E-state index in [1.54, 1.807) is 35.4 Å². The molecule has 1 aliphatic rings. The molecule has 34 heavy (non-hydrogen) atoms. The fraction of sp³-hybridized carbons (Fsp3) is 0.250. The van der Waals surface area contributed by atoms with Crippen LogP contribution in [0.3, 0.4) is 0 Å². The lowest BCUT2D eigenvalue weighted by atomic mass is 10.1. The predicted octanol–water partition coefficient (Wildman–Crippen LogP) is 3.08. The molecular formula is C24H24N4O4S2. The molecule has 4 rings (SSSR count). The fourth-order valence-corrected chi connectivity index (χ4v) is 5.00. The second-order valence-electron chi connectivity index (χ2n) is 7.51. The number of amides is 1. The number of fused-ring (bicyclic) bond motifs is 1. The number of anilines is 1. The van der Waals surface area contributed by atoms with Crippen molar-refractivity contribution < 1.29 is 14.6 Å². The van der Waals surface area contributed by atoms with Gasteiger partial charge >= 0.3 is 0 Å². The van der Waals surface area contributed by atoms with Gasteiger partial charge in [0, 0.05) is 12.7 Å². The summed E-state index contributed by atoms with van der Waals surface area (Å²) in [4.78, 5) is 33.1. The second kappa shape index (κ2) is 10.9. The number of hydrogen-bond donors (Lipinski definition) is 2. The lowest BCUT2D eigenvalue weighted by molar-refractivity contribution is -0.123. The van der Waals surface area contributed by atoms with Gasteiger partial charge in [-0.1, -0.05) is 60.4 Å².